The van der Waals surface area contributed by atoms with Crippen LogP contribution in [0, 0.1) is 29.1 Å². The Balaban J connectivity index is 1.44. The van der Waals surface area contributed by atoms with Crippen molar-refractivity contribution in [2.45, 2.75) is 50.7 Å². The Bertz CT molecular complexity index is 694. The molecule has 0 atom stereocenters. The molecule has 0 aromatic heterocycles. The van der Waals surface area contributed by atoms with Gasteiger partial charge in [-0.2, -0.15) is 0 Å². The molecule has 5 aliphatic rings. The van der Waals surface area contributed by atoms with Crippen molar-refractivity contribution in [3.8, 4) is 5.75 Å². The average Bonchev–Trinajstić information content (AvgIpc) is 2.59. The molecule has 146 valence electrons. The minimum Gasteiger partial charge on any atom is -0.508 e. The number of nitrogens with zero attached hydrogens (tertiary/aromatic N) is 1. The molecule has 0 radical (unpaired) electrons. The molecule has 1 aromatic rings. The van der Waals surface area contributed by atoms with Gasteiger partial charge in [0.15, 0.2) is 0 Å². The summed E-state index contributed by atoms with van der Waals surface area (Å²) in [5.41, 5.74) is 1.12. The van der Waals surface area contributed by atoms with Crippen molar-refractivity contribution in [3.05, 3.63) is 29.8 Å². The minimum atomic E-state index is -0.365. The maximum absolute atomic E-state index is 13.0. The number of phenolic OH excluding ortho intramolecular Hbond substituents is 1. The fourth-order valence-electron chi connectivity index (χ4n) is 6.75. The predicted octanol–water partition coefficient (Wildman–Crippen LogP) is 1.94. The van der Waals surface area contributed by atoms with Crippen LogP contribution in [-0.2, 0) is 11.2 Å². The lowest BCUT2D eigenvalue weighted by Gasteiger charge is -2.63. The monoisotopic (exact) mass is 371 g/mol. The van der Waals surface area contributed by atoms with E-state index in [1.165, 1.54) is 5.56 Å². The van der Waals surface area contributed by atoms with Crippen molar-refractivity contribution in [1.82, 2.24) is 4.90 Å². The summed E-state index contributed by atoms with van der Waals surface area (Å²) in [6.45, 7) is 0.931. The van der Waals surface area contributed by atoms with Gasteiger partial charge >= 0.3 is 0 Å². The number of carbonyl (C=O) groups excluding carboxylic acids is 1. The predicted molar refractivity (Wildman–Crippen MR) is 99.9 cm³/mol. The standard InChI is InChI=1S/C22H29NO4/c24-18-3-1-13(2-4-18)9-22(10-20(26)23-11-19(25)12-23)16-5-14-6-17(22)8-15(7-16)21(14)27/h1-4,14-17,19,21,24-25,27H,5-12H2. The van der Waals surface area contributed by atoms with E-state index in [0.29, 0.717) is 43.2 Å². The number of hydrogen-bond acceptors (Lipinski definition) is 4. The normalized spacial score (nSPS) is 40.2. The summed E-state index contributed by atoms with van der Waals surface area (Å²) < 4.78 is 0. The first-order valence-corrected chi connectivity index (χ1v) is 10.4. The van der Waals surface area contributed by atoms with Gasteiger partial charge in [-0.25, -0.2) is 0 Å². The molecule has 0 unspecified atom stereocenters. The van der Waals surface area contributed by atoms with Crippen molar-refractivity contribution >= 4 is 5.91 Å². The fourth-order valence-corrected chi connectivity index (χ4v) is 6.75. The van der Waals surface area contributed by atoms with E-state index in [-0.39, 0.29) is 29.3 Å². The number of carbonyl (C=O) groups is 1. The van der Waals surface area contributed by atoms with Crippen LogP contribution in [-0.4, -0.2) is 51.4 Å². The van der Waals surface area contributed by atoms with Crippen molar-refractivity contribution < 1.29 is 20.1 Å². The number of hydrogen-bond donors (Lipinski definition) is 3. The maximum atomic E-state index is 13.0. The van der Waals surface area contributed by atoms with E-state index >= 15 is 0 Å². The topological polar surface area (TPSA) is 81.0 Å². The van der Waals surface area contributed by atoms with Crippen LogP contribution >= 0.6 is 0 Å². The lowest BCUT2D eigenvalue weighted by atomic mass is 9.42. The molecule has 5 nitrogen and oxygen atoms in total. The number of rotatable bonds is 4. The van der Waals surface area contributed by atoms with Crippen LogP contribution in [0.4, 0.5) is 0 Å². The summed E-state index contributed by atoms with van der Waals surface area (Å²) in [6.07, 6.45) is 5.02. The number of phenols is 1. The van der Waals surface area contributed by atoms with Gasteiger partial charge in [-0.05, 0) is 78.9 Å². The van der Waals surface area contributed by atoms with Gasteiger partial charge < -0.3 is 20.2 Å². The van der Waals surface area contributed by atoms with Gasteiger partial charge in [0.2, 0.25) is 5.91 Å². The van der Waals surface area contributed by atoms with Gasteiger partial charge in [0.1, 0.15) is 5.75 Å². The summed E-state index contributed by atoms with van der Waals surface area (Å²) in [5.74, 6) is 2.21. The number of β-amino-alcohol motifs (C(OH)–C–C–N with tert-alkyl or cyclic N) is 1. The van der Waals surface area contributed by atoms with Crippen molar-refractivity contribution in [1.29, 1.82) is 0 Å². The van der Waals surface area contributed by atoms with E-state index < -0.39 is 0 Å². The molecule has 3 N–H and O–H groups in total. The Hall–Kier alpha value is -1.59. The first kappa shape index (κ1) is 17.5. The summed E-state index contributed by atoms with van der Waals surface area (Å²) in [4.78, 5) is 14.8. The highest BCUT2D eigenvalue weighted by Crippen LogP contribution is 2.64. The number of amides is 1. The largest absolute Gasteiger partial charge is 0.508 e. The SMILES string of the molecule is O=C(CC1(Cc2ccc(O)cc2)C2CC3CC1CC(C2)C3O)N1CC(O)C1. The van der Waals surface area contributed by atoms with Crippen LogP contribution in [0.5, 0.6) is 5.75 Å². The third kappa shape index (κ3) is 2.78. The molecule has 5 heteroatoms. The second-order valence-electron chi connectivity index (χ2n) is 9.55. The molecule has 1 heterocycles. The van der Waals surface area contributed by atoms with Crippen molar-refractivity contribution in [2.24, 2.45) is 29.1 Å². The zero-order valence-electron chi connectivity index (χ0n) is 15.6. The van der Waals surface area contributed by atoms with E-state index in [0.717, 1.165) is 32.1 Å². The van der Waals surface area contributed by atoms with Gasteiger partial charge in [0, 0.05) is 19.5 Å². The molecule has 1 amide bonds. The highest BCUT2D eigenvalue weighted by atomic mass is 16.3. The number of likely N-dealkylation sites (tertiary alicyclic amines) is 1. The molecular formula is C22H29NO4. The minimum absolute atomic E-state index is 0.0538. The number of aliphatic hydroxyl groups excluding tert-OH is 2. The van der Waals surface area contributed by atoms with Gasteiger partial charge in [-0.1, -0.05) is 12.1 Å². The molecule has 4 aliphatic carbocycles. The lowest BCUT2D eigenvalue weighted by Crippen LogP contribution is -2.61. The van der Waals surface area contributed by atoms with E-state index in [9.17, 15) is 20.1 Å². The fraction of sp³-hybridized carbons (Fsp3) is 0.682. The smallest absolute Gasteiger partial charge is 0.223 e. The van der Waals surface area contributed by atoms with E-state index in [1.54, 1.807) is 17.0 Å². The molecule has 1 aromatic carbocycles. The van der Waals surface area contributed by atoms with Crippen LogP contribution in [0.3, 0.4) is 0 Å². The molecule has 0 spiro atoms. The molecule has 5 fully saturated rings. The molecule has 6 rings (SSSR count). The first-order valence-electron chi connectivity index (χ1n) is 10.4. The Morgan fingerprint density at radius 3 is 2.07 bits per heavy atom. The molecule has 4 saturated carbocycles. The third-order valence-corrected chi connectivity index (χ3v) is 8.11. The molecule has 1 saturated heterocycles. The van der Waals surface area contributed by atoms with Crippen molar-refractivity contribution in [3.63, 3.8) is 0 Å². The summed E-state index contributed by atoms with van der Waals surface area (Å²) >= 11 is 0. The van der Waals surface area contributed by atoms with E-state index in [2.05, 4.69) is 0 Å². The summed E-state index contributed by atoms with van der Waals surface area (Å²) in [7, 11) is 0. The van der Waals surface area contributed by atoms with Crippen LogP contribution in [0.1, 0.15) is 37.7 Å². The van der Waals surface area contributed by atoms with E-state index in [4.69, 9.17) is 0 Å². The van der Waals surface area contributed by atoms with Gasteiger partial charge in [0.05, 0.1) is 12.2 Å². The highest BCUT2D eigenvalue weighted by molar-refractivity contribution is 5.78. The zero-order valence-corrected chi connectivity index (χ0v) is 15.6. The Labute approximate surface area is 160 Å². The van der Waals surface area contributed by atoms with Crippen LogP contribution in [0.2, 0.25) is 0 Å². The van der Waals surface area contributed by atoms with Crippen LogP contribution in [0.25, 0.3) is 0 Å². The molecule has 4 bridgehead atoms. The Morgan fingerprint density at radius 2 is 1.56 bits per heavy atom. The third-order valence-electron chi connectivity index (χ3n) is 8.11. The van der Waals surface area contributed by atoms with Gasteiger partial charge in [-0.15, -0.1) is 0 Å². The average molecular weight is 371 g/mol. The van der Waals surface area contributed by atoms with Crippen LogP contribution in [0.15, 0.2) is 24.3 Å². The Morgan fingerprint density at radius 1 is 1.00 bits per heavy atom. The maximum Gasteiger partial charge on any atom is 0.223 e. The number of benzene rings is 1. The Kier molecular flexibility index (Phi) is 4.03. The van der Waals surface area contributed by atoms with Crippen LogP contribution < -0.4 is 0 Å². The summed E-state index contributed by atoms with van der Waals surface area (Å²) in [6, 6.07) is 7.43. The highest BCUT2D eigenvalue weighted by Gasteiger charge is 2.60. The number of aliphatic hydroxyl groups is 2. The second kappa shape index (κ2) is 6.21. The summed E-state index contributed by atoms with van der Waals surface area (Å²) in [5, 5.41) is 29.7. The molecule has 27 heavy (non-hydrogen) atoms. The zero-order chi connectivity index (χ0) is 18.8. The van der Waals surface area contributed by atoms with E-state index in [1.807, 2.05) is 12.1 Å². The molecule has 1 aliphatic heterocycles. The van der Waals surface area contributed by atoms with Gasteiger partial charge in [-0.3, -0.25) is 4.79 Å². The first-order chi connectivity index (χ1) is 12.9. The number of aromatic hydroxyl groups is 1. The second-order valence-corrected chi connectivity index (χ2v) is 9.55. The quantitative estimate of drug-likeness (QED) is 0.756. The van der Waals surface area contributed by atoms with Gasteiger partial charge in [0.25, 0.3) is 0 Å². The van der Waals surface area contributed by atoms with Crippen molar-refractivity contribution in [2.75, 3.05) is 13.1 Å². The molecular weight excluding hydrogens is 342 g/mol. The lowest BCUT2D eigenvalue weighted by molar-refractivity contribution is -0.179.